The normalized spacial score (nSPS) is 15.3. The van der Waals surface area contributed by atoms with E-state index in [0.717, 1.165) is 0 Å². The summed E-state index contributed by atoms with van der Waals surface area (Å²) in [5, 5.41) is 3.16. The number of ether oxygens (including phenoxy) is 1. The van der Waals surface area contributed by atoms with E-state index >= 15 is 0 Å². The quantitative estimate of drug-likeness (QED) is 0.875. The number of anilines is 1. The molecule has 0 aliphatic heterocycles. The molecule has 0 saturated carbocycles. The zero-order valence-corrected chi connectivity index (χ0v) is 11.4. The van der Waals surface area contributed by atoms with Crippen molar-refractivity contribution in [3.05, 3.63) is 24.3 Å². The lowest BCUT2D eigenvalue weighted by Crippen LogP contribution is -2.30. The van der Waals surface area contributed by atoms with Crippen LogP contribution in [0.15, 0.2) is 29.2 Å². The van der Waals surface area contributed by atoms with Crippen LogP contribution in [0.5, 0.6) is 0 Å². The number of benzene rings is 1. The Labute approximate surface area is 103 Å². The van der Waals surface area contributed by atoms with Gasteiger partial charge in [-0.3, -0.25) is 0 Å². The summed E-state index contributed by atoms with van der Waals surface area (Å²) >= 11 is 0. The van der Waals surface area contributed by atoms with Crippen molar-refractivity contribution >= 4 is 15.5 Å². The number of methoxy groups -OCH3 is 1. The van der Waals surface area contributed by atoms with Gasteiger partial charge in [0.25, 0.3) is 0 Å². The summed E-state index contributed by atoms with van der Waals surface area (Å²) in [6.45, 7) is 3.88. The molecule has 0 radical (unpaired) electrons. The van der Waals surface area contributed by atoms with Crippen molar-refractivity contribution in [3.8, 4) is 0 Å². The molecule has 0 fully saturated rings. The van der Waals surface area contributed by atoms with Gasteiger partial charge in [-0.1, -0.05) is 12.1 Å². The van der Waals surface area contributed by atoms with Gasteiger partial charge in [0.15, 0.2) is 9.84 Å². The van der Waals surface area contributed by atoms with Crippen LogP contribution in [0.3, 0.4) is 0 Å². The minimum atomic E-state index is -3.21. The first-order chi connectivity index (χ1) is 7.86. The van der Waals surface area contributed by atoms with Crippen molar-refractivity contribution in [3.63, 3.8) is 0 Å². The Morgan fingerprint density at radius 2 is 1.82 bits per heavy atom. The van der Waals surface area contributed by atoms with Gasteiger partial charge < -0.3 is 10.1 Å². The van der Waals surface area contributed by atoms with Gasteiger partial charge in [-0.25, -0.2) is 8.42 Å². The standard InChI is InChI=1S/C12H19NO3S/c1-9(10(2)16-3)13-11-7-5-6-8-12(11)17(4,14)15/h5-10,13H,1-4H3. The fourth-order valence-electron chi connectivity index (χ4n) is 1.48. The molecule has 0 amide bonds. The van der Waals surface area contributed by atoms with Crippen molar-refractivity contribution in [2.75, 3.05) is 18.7 Å². The predicted octanol–water partition coefficient (Wildman–Crippen LogP) is 1.93. The minimum Gasteiger partial charge on any atom is -0.380 e. The van der Waals surface area contributed by atoms with Gasteiger partial charge in [-0.2, -0.15) is 0 Å². The molecule has 2 unspecified atom stereocenters. The Morgan fingerprint density at radius 1 is 1.24 bits per heavy atom. The maximum atomic E-state index is 11.6. The van der Waals surface area contributed by atoms with Crippen LogP contribution in [-0.2, 0) is 14.6 Å². The lowest BCUT2D eigenvalue weighted by Gasteiger charge is -2.22. The van der Waals surface area contributed by atoms with Crippen LogP contribution >= 0.6 is 0 Å². The topological polar surface area (TPSA) is 55.4 Å². The summed E-state index contributed by atoms with van der Waals surface area (Å²) in [6, 6.07) is 6.91. The maximum absolute atomic E-state index is 11.6. The second-order valence-corrected chi connectivity index (χ2v) is 6.13. The SMILES string of the molecule is COC(C)C(C)Nc1ccccc1S(C)(=O)=O. The number of hydrogen-bond donors (Lipinski definition) is 1. The highest BCUT2D eigenvalue weighted by Crippen LogP contribution is 2.22. The Hall–Kier alpha value is -1.07. The third kappa shape index (κ3) is 3.71. The molecule has 1 aromatic rings. The molecule has 1 N–H and O–H groups in total. The fraction of sp³-hybridized carbons (Fsp3) is 0.500. The molecule has 0 aromatic heterocycles. The number of nitrogens with one attached hydrogen (secondary N) is 1. The van der Waals surface area contributed by atoms with Crippen LogP contribution in [0.4, 0.5) is 5.69 Å². The molecule has 0 saturated heterocycles. The van der Waals surface area contributed by atoms with E-state index in [2.05, 4.69) is 5.32 Å². The average Bonchev–Trinajstić information content (AvgIpc) is 2.27. The van der Waals surface area contributed by atoms with Crippen molar-refractivity contribution in [2.24, 2.45) is 0 Å². The second kappa shape index (κ2) is 5.51. The summed E-state index contributed by atoms with van der Waals surface area (Å²) in [6.07, 6.45) is 1.21. The van der Waals surface area contributed by atoms with Crippen LogP contribution in [0.1, 0.15) is 13.8 Å². The number of rotatable bonds is 5. The highest BCUT2D eigenvalue weighted by molar-refractivity contribution is 7.90. The average molecular weight is 257 g/mol. The molecule has 0 heterocycles. The van der Waals surface area contributed by atoms with Crippen LogP contribution < -0.4 is 5.32 Å². The molecule has 4 nitrogen and oxygen atoms in total. The fourth-order valence-corrected chi connectivity index (χ4v) is 2.33. The van der Waals surface area contributed by atoms with Gasteiger partial charge in [0.1, 0.15) is 0 Å². The van der Waals surface area contributed by atoms with Gasteiger partial charge in [-0.05, 0) is 26.0 Å². The molecule has 0 aliphatic rings. The highest BCUT2D eigenvalue weighted by Gasteiger charge is 2.16. The van der Waals surface area contributed by atoms with Gasteiger partial charge in [-0.15, -0.1) is 0 Å². The third-order valence-electron chi connectivity index (χ3n) is 2.75. The van der Waals surface area contributed by atoms with E-state index in [-0.39, 0.29) is 12.1 Å². The number of sulfone groups is 1. The minimum absolute atomic E-state index is 0.00242. The van der Waals surface area contributed by atoms with Gasteiger partial charge in [0.2, 0.25) is 0 Å². The van der Waals surface area contributed by atoms with Crippen LogP contribution in [0, 0.1) is 0 Å². The number of para-hydroxylation sites is 1. The predicted molar refractivity (Wildman–Crippen MR) is 69.1 cm³/mol. The van der Waals surface area contributed by atoms with E-state index in [4.69, 9.17) is 4.74 Å². The van der Waals surface area contributed by atoms with E-state index in [1.165, 1.54) is 6.26 Å². The smallest absolute Gasteiger partial charge is 0.177 e. The monoisotopic (exact) mass is 257 g/mol. The number of hydrogen-bond acceptors (Lipinski definition) is 4. The molecule has 17 heavy (non-hydrogen) atoms. The lowest BCUT2D eigenvalue weighted by atomic mass is 10.2. The summed E-state index contributed by atoms with van der Waals surface area (Å²) in [7, 11) is -1.58. The summed E-state index contributed by atoms with van der Waals surface area (Å²) < 4.78 is 28.4. The Kier molecular flexibility index (Phi) is 4.54. The Balaban J connectivity index is 3.00. The van der Waals surface area contributed by atoms with Crippen molar-refractivity contribution in [1.29, 1.82) is 0 Å². The Morgan fingerprint density at radius 3 is 2.35 bits per heavy atom. The lowest BCUT2D eigenvalue weighted by molar-refractivity contribution is 0.106. The molecular formula is C12H19NO3S. The van der Waals surface area contributed by atoms with Crippen molar-refractivity contribution in [1.82, 2.24) is 0 Å². The molecule has 0 spiro atoms. The molecule has 2 atom stereocenters. The maximum Gasteiger partial charge on any atom is 0.177 e. The largest absolute Gasteiger partial charge is 0.380 e. The molecule has 0 aliphatic carbocycles. The van der Waals surface area contributed by atoms with Crippen molar-refractivity contribution in [2.45, 2.75) is 30.9 Å². The van der Waals surface area contributed by atoms with Gasteiger partial charge in [0.05, 0.1) is 16.7 Å². The first-order valence-corrected chi connectivity index (χ1v) is 7.34. The summed E-state index contributed by atoms with van der Waals surface area (Å²) in [4.78, 5) is 0.315. The molecular weight excluding hydrogens is 238 g/mol. The van der Waals surface area contributed by atoms with E-state index < -0.39 is 9.84 Å². The van der Waals surface area contributed by atoms with Crippen LogP contribution in [0.2, 0.25) is 0 Å². The van der Waals surface area contributed by atoms with E-state index in [9.17, 15) is 8.42 Å². The van der Waals surface area contributed by atoms with E-state index in [1.54, 1.807) is 31.4 Å². The first-order valence-electron chi connectivity index (χ1n) is 5.44. The zero-order valence-electron chi connectivity index (χ0n) is 10.6. The third-order valence-corrected chi connectivity index (χ3v) is 3.90. The molecule has 1 aromatic carbocycles. The molecule has 0 bridgehead atoms. The van der Waals surface area contributed by atoms with Gasteiger partial charge in [0, 0.05) is 19.4 Å². The van der Waals surface area contributed by atoms with Crippen LogP contribution in [-0.4, -0.2) is 33.9 Å². The summed E-state index contributed by atoms with van der Waals surface area (Å²) in [5.74, 6) is 0. The molecule has 5 heteroatoms. The van der Waals surface area contributed by atoms with Crippen molar-refractivity contribution < 1.29 is 13.2 Å². The second-order valence-electron chi connectivity index (χ2n) is 4.14. The zero-order chi connectivity index (χ0) is 13.1. The van der Waals surface area contributed by atoms with Crippen LogP contribution in [0.25, 0.3) is 0 Å². The Bertz CT molecular complexity index is 470. The van der Waals surface area contributed by atoms with E-state index in [1.807, 2.05) is 13.8 Å². The molecule has 1 rings (SSSR count). The molecule has 96 valence electrons. The highest BCUT2D eigenvalue weighted by atomic mass is 32.2. The van der Waals surface area contributed by atoms with Gasteiger partial charge >= 0.3 is 0 Å². The summed E-state index contributed by atoms with van der Waals surface area (Å²) in [5.41, 5.74) is 0.617. The van der Waals surface area contributed by atoms with E-state index in [0.29, 0.717) is 10.6 Å². The first kappa shape index (κ1) is 14.0.